The number of carboxylic acids is 1. The smallest absolute Gasteiger partial charge is 0.303 e. The van der Waals surface area contributed by atoms with Gasteiger partial charge in [-0.05, 0) is 50.7 Å². The van der Waals surface area contributed by atoms with Gasteiger partial charge in [0, 0.05) is 25.2 Å². The zero-order chi connectivity index (χ0) is 15.4. The van der Waals surface area contributed by atoms with Crippen molar-refractivity contribution in [2.45, 2.75) is 39.5 Å². The summed E-state index contributed by atoms with van der Waals surface area (Å²) in [6.45, 7) is 5.57. The maximum absolute atomic E-state index is 10.6. The summed E-state index contributed by atoms with van der Waals surface area (Å²) in [6.07, 6.45) is 2.92. The summed E-state index contributed by atoms with van der Waals surface area (Å²) in [5, 5.41) is 18.1. The van der Waals surface area contributed by atoms with E-state index in [4.69, 9.17) is 5.11 Å². The second-order valence-electron chi connectivity index (χ2n) is 5.75. The Bertz CT molecular complexity index is 570. The Morgan fingerprint density at radius 1 is 1.48 bits per heavy atom. The zero-order valence-electron chi connectivity index (χ0n) is 12.6. The molecule has 1 N–H and O–H groups in total. The van der Waals surface area contributed by atoms with Gasteiger partial charge in [0.05, 0.1) is 5.56 Å². The fourth-order valence-corrected chi connectivity index (χ4v) is 2.95. The van der Waals surface area contributed by atoms with E-state index in [0.717, 1.165) is 49.4 Å². The minimum absolute atomic E-state index is 0.246. The predicted molar refractivity (Wildman–Crippen MR) is 80.2 cm³/mol. The Hall–Kier alpha value is -2.09. The van der Waals surface area contributed by atoms with Crippen LogP contribution in [0.4, 0.5) is 5.82 Å². The predicted octanol–water partition coefficient (Wildman–Crippen LogP) is 2.65. The van der Waals surface area contributed by atoms with Gasteiger partial charge in [0.1, 0.15) is 11.9 Å². The Balaban J connectivity index is 2.06. The molecule has 0 unspecified atom stereocenters. The van der Waals surface area contributed by atoms with Crippen LogP contribution in [0.3, 0.4) is 0 Å². The van der Waals surface area contributed by atoms with Crippen molar-refractivity contribution in [3.63, 3.8) is 0 Å². The number of nitrogens with zero attached hydrogens (tertiary/aromatic N) is 3. The Morgan fingerprint density at radius 3 is 2.71 bits per heavy atom. The van der Waals surface area contributed by atoms with Gasteiger partial charge in [-0.2, -0.15) is 5.26 Å². The van der Waals surface area contributed by atoms with E-state index < -0.39 is 5.97 Å². The van der Waals surface area contributed by atoms with Crippen LogP contribution in [0.15, 0.2) is 6.07 Å². The highest BCUT2D eigenvalue weighted by Gasteiger charge is 2.23. The molecule has 0 radical (unpaired) electrons. The van der Waals surface area contributed by atoms with Gasteiger partial charge in [-0.15, -0.1) is 0 Å². The van der Waals surface area contributed by atoms with Crippen LogP contribution < -0.4 is 4.90 Å². The molecule has 1 aliphatic heterocycles. The quantitative estimate of drug-likeness (QED) is 0.921. The molecule has 1 aromatic rings. The van der Waals surface area contributed by atoms with Crippen molar-refractivity contribution in [3.8, 4) is 6.07 Å². The van der Waals surface area contributed by atoms with E-state index in [1.165, 1.54) is 0 Å². The van der Waals surface area contributed by atoms with Crippen molar-refractivity contribution < 1.29 is 9.90 Å². The molecular weight excluding hydrogens is 266 g/mol. The van der Waals surface area contributed by atoms with Gasteiger partial charge in [-0.3, -0.25) is 4.79 Å². The molecule has 21 heavy (non-hydrogen) atoms. The zero-order valence-corrected chi connectivity index (χ0v) is 12.6. The number of aromatic nitrogens is 1. The first kappa shape index (κ1) is 15.3. The second-order valence-corrected chi connectivity index (χ2v) is 5.75. The first-order valence-electron chi connectivity index (χ1n) is 7.36. The SMILES string of the molecule is Cc1cc(C)c(C#N)c(N2CCC(CCC(=O)O)CC2)n1. The fraction of sp³-hybridized carbons (Fsp3) is 0.562. The van der Waals surface area contributed by atoms with E-state index in [-0.39, 0.29) is 6.42 Å². The van der Waals surface area contributed by atoms with Crippen molar-refractivity contribution in [1.82, 2.24) is 4.98 Å². The largest absolute Gasteiger partial charge is 0.481 e. The Kier molecular flexibility index (Phi) is 4.79. The highest BCUT2D eigenvalue weighted by molar-refractivity contribution is 5.66. The summed E-state index contributed by atoms with van der Waals surface area (Å²) in [6, 6.07) is 4.19. The maximum atomic E-state index is 10.6. The monoisotopic (exact) mass is 287 g/mol. The van der Waals surface area contributed by atoms with Crippen LogP contribution in [0.2, 0.25) is 0 Å². The van der Waals surface area contributed by atoms with Gasteiger partial charge in [0.25, 0.3) is 0 Å². The molecule has 0 spiro atoms. The summed E-state index contributed by atoms with van der Waals surface area (Å²) in [5.74, 6) is 0.528. The van der Waals surface area contributed by atoms with Crippen molar-refractivity contribution in [2.24, 2.45) is 5.92 Å². The van der Waals surface area contributed by atoms with Gasteiger partial charge >= 0.3 is 5.97 Å². The number of hydrogen-bond acceptors (Lipinski definition) is 4. The van der Waals surface area contributed by atoms with Gasteiger partial charge in [0.2, 0.25) is 0 Å². The third-order valence-corrected chi connectivity index (χ3v) is 4.12. The van der Waals surface area contributed by atoms with E-state index >= 15 is 0 Å². The summed E-state index contributed by atoms with van der Waals surface area (Å²) < 4.78 is 0. The summed E-state index contributed by atoms with van der Waals surface area (Å²) in [5.41, 5.74) is 2.55. The standard InChI is InChI=1S/C16H21N3O2/c1-11-9-12(2)18-16(14(11)10-17)19-7-5-13(6-8-19)3-4-15(20)21/h9,13H,3-8H2,1-2H3,(H,20,21). The third kappa shape index (κ3) is 3.72. The molecule has 1 fully saturated rings. The topological polar surface area (TPSA) is 77.2 Å². The number of carbonyl (C=O) groups is 1. The van der Waals surface area contributed by atoms with Crippen molar-refractivity contribution >= 4 is 11.8 Å². The summed E-state index contributed by atoms with van der Waals surface area (Å²) in [4.78, 5) is 17.3. The van der Waals surface area contributed by atoms with E-state index in [0.29, 0.717) is 11.5 Å². The van der Waals surface area contributed by atoms with Crippen LogP contribution in [-0.4, -0.2) is 29.1 Å². The number of carboxylic acid groups (broad SMARTS) is 1. The van der Waals surface area contributed by atoms with Gasteiger partial charge < -0.3 is 10.0 Å². The number of hydrogen-bond donors (Lipinski definition) is 1. The lowest BCUT2D eigenvalue weighted by Gasteiger charge is -2.33. The number of anilines is 1. The summed E-state index contributed by atoms with van der Waals surface area (Å²) in [7, 11) is 0. The van der Waals surface area contributed by atoms with Crippen molar-refractivity contribution in [1.29, 1.82) is 5.26 Å². The average molecular weight is 287 g/mol. The highest BCUT2D eigenvalue weighted by atomic mass is 16.4. The number of pyridine rings is 1. The molecule has 0 atom stereocenters. The molecule has 5 heteroatoms. The lowest BCUT2D eigenvalue weighted by molar-refractivity contribution is -0.137. The lowest BCUT2D eigenvalue weighted by atomic mass is 9.92. The summed E-state index contributed by atoms with van der Waals surface area (Å²) >= 11 is 0. The van der Waals surface area contributed by atoms with Crippen LogP contribution in [-0.2, 0) is 4.79 Å². The Morgan fingerprint density at radius 2 is 2.14 bits per heavy atom. The van der Waals surface area contributed by atoms with E-state index in [9.17, 15) is 10.1 Å². The normalized spacial score (nSPS) is 15.8. The highest BCUT2D eigenvalue weighted by Crippen LogP contribution is 2.28. The molecule has 0 saturated carbocycles. The van der Waals surface area contributed by atoms with Crippen LogP contribution in [0.1, 0.15) is 42.5 Å². The molecule has 112 valence electrons. The molecule has 2 heterocycles. The minimum atomic E-state index is -0.722. The molecular formula is C16H21N3O2. The number of nitriles is 1. The number of rotatable bonds is 4. The van der Waals surface area contributed by atoms with Crippen LogP contribution in [0.25, 0.3) is 0 Å². The average Bonchev–Trinajstić information content (AvgIpc) is 2.45. The van der Waals surface area contributed by atoms with Crippen molar-refractivity contribution in [2.75, 3.05) is 18.0 Å². The molecule has 1 saturated heterocycles. The van der Waals surface area contributed by atoms with Gasteiger partial charge in [-0.1, -0.05) is 0 Å². The number of aryl methyl sites for hydroxylation is 2. The second kappa shape index (κ2) is 6.57. The van der Waals surface area contributed by atoms with E-state index in [1.807, 2.05) is 19.9 Å². The van der Waals surface area contributed by atoms with Crippen molar-refractivity contribution in [3.05, 3.63) is 22.9 Å². The number of aliphatic carboxylic acids is 1. The van der Waals surface area contributed by atoms with E-state index in [2.05, 4.69) is 16.0 Å². The molecule has 0 aliphatic carbocycles. The Labute approximate surface area is 125 Å². The lowest BCUT2D eigenvalue weighted by Crippen LogP contribution is -2.35. The van der Waals surface area contributed by atoms with Gasteiger partial charge in [-0.25, -0.2) is 4.98 Å². The maximum Gasteiger partial charge on any atom is 0.303 e. The molecule has 0 bridgehead atoms. The molecule has 2 rings (SSSR count). The molecule has 1 aliphatic rings. The number of piperidine rings is 1. The third-order valence-electron chi connectivity index (χ3n) is 4.12. The fourth-order valence-electron chi connectivity index (χ4n) is 2.95. The molecule has 0 amide bonds. The van der Waals surface area contributed by atoms with Crippen LogP contribution in [0.5, 0.6) is 0 Å². The molecule has 5 nitrogen and oxygen atoms in total. The first-order valence-corrected chi connectivity index (χ1v) is 7.36. The molecule has 1 aromatic heterocycles. The van der Waals surface area contributed by atoms with Crippen LogP contribution in [0, 0.1) is 31.1 Å². The first-order chi connectivity index (χ1) is 10.0. The van der Waals surface area contributed by atoms with Gasteiger partial charge in [0.15, 0.2) is 0 Å². The van der Waals surface area contributed by atoms with Crippen LogP contribution >= 0.6 is 0 Å². The minimum Gasteiger partial charge on any atom is -0.481 e. The molecule has 0 aromatic carbocycles. The van der Waals surface area contributed by atoms with E-state index in [1.54, 1.807) is 0 Å².